The number of ether oxygens (including phenoxy) is 4. The zero-order valence-electron chi connectivity index (χ0n) is 16.1. The summed E-state index contributed by atoms with van der Waals surface area (Å²) < 4.78 is 20.9. The third kappa shape index (κ3) is 5.86. The van der Waals surface area contributed by atoms with Crippen molar-refractivity contribution in [1.82, 2.24) is 5.43 Å². The molecule has 1 heterocycles. The van der Waals surface area contributed by atoms with Crippen molar-refractivity contribution in [3.05, 3.63) is 42.5 Å². The van der Waals surface area contributed by atoms with Gasteiger partial charge in [-0.3, -0.25) is 9.59 Å². The van der Waals surface area contributed by atoms with E-state index >= 15 is 0 Å². The Hall–Kier alpha value is -3.75. The van der Waals surface area contributed by atoms with Crippen LogP contribution in [-0.4, -0.2) is 38.0 Å². The minimum Gasteiger partial charge on any atom is -0.497 e. The molecule has 0 bridgehead atoms. The van der Waals surface area contributed by atoms with Crippen LogP contribution in [-0.2, 0) is 9.59 Å². The van der Waals surface area contributed by atoms with E-state index in [1.807, 2.05) is 0 Å². The maximum atomic E-state index is 12.1. The molecule has 0 aliphatic carbocycles. The Balaban J connectivity index is 1.41. The number of amides is 2. The fraction of sp³-hybridized carbons (Fsp3) is 0.250. The Morgan fingerprint density at radius 3 is 2.52 bits per heavy atom. The first kappa shape index (κ1) is 20.0. The number of hydrazone groups is 1. The van der Waals surface area contributed by atoms with Gasteiger partial charge in [0.25, 0.3) is 5.91 Å². The second-order valence-corrected chi connectivity index (χ2v) is 6.14. The van der Waals surface area contributed by atoms with Gasteiger partial charge in [-0.25, -0.2) is 5.43 Å². The number of nitrogens with one attached hydrogen (secondary N) is 2. The summed E-state index contributed by atoms with van der Waals surface area (Å²) >= 11 is 0. The molecule has 0 saturated carbocycles. The molecule has 0 radical (unpaired) electrons. The van der Waals surface area contributed by atoms with Crippen LogP contribution >= 0.6 is 0 Å². The molecule has 0 fully saturated rings. The lowest BCUT2D eigenvalue weighted by Crippen LogP contribution is -2.26. The monoisotopic (exact) mass is 399 g/mol. The molecule has 0 unspecified atom stereocenters. The Kier molecular flexibility index (Phi) is 6.51. The zero-order valence-corrected chi connectivity index (χ0v) is 16.1. The van der Waals surface area contributed by atoms with Crippen molar-refractivity contribution in [1.29, 1.82) is 0 Å². The average Bonchev–Trinajstić information content (AvgIpc) is 3.19. The third-order valence-corrected chi connectivity index (χ3v) is 3.87. The fourth-order valence-corrected chi connectivity index (χ4v) is 2.46. The summed E-state index contributed by atoms with van der Waals surface area (Å²) in [5.74, 6) is 1.74. The molecule has 2 amide bonds. The first-order valence-electron chi connectivity index (χ1n) is 8.82. The van der Waals surface area contributed by atoms with Gasteiger partial charge in [-0.15, -0.1) is 0 Å². The highest BCUT2D eigenvalue weighted by molar-refractivity contribution is 6.05. The molecular formula is C20H21N3O6. The lowest BCUT2D eigenvalue weighted by Gasteiger charge is -2.07. The van der Waals surface area contributed by atoms with Gasteiger partial charge < -0.3 is 24.3 Å². The van der Waals surface area contributed by atoms with E-state index in [0.29, 0.717) is 34.4 Å². The number of methoxy groups -OCH3 is 1. The number of nitrogens with zero attached hydrogens (tertiary/aromatic N) is 1. The highest BCUT2D eigenvalue weighted by atomic mass is 16.7. The van der Waals surface area contributed by atoms with E-state index < -0.39 is 5.91 Å². The molecule has 0 spiro atoms. The fourth-order valence-electron chi connectivity index (χ4n) is 2.46. The molecule has 1 aliphatic heterocycles. The number of carbonyl (C=O) groups is 2. The smallest absolute Gasteiger partial charge is 0.277 e. The second kappa shape index (κ2) is 9.45. The quantitative estimate of drug-likeness (QED) is 0.521. The van der Waals surface area contributed by atoms with Gasteiger partial charge in [-0.2, -0.15) is 5.10 Å². The summed E-state index contributed by atoms with van der Waals surface area (Å²) in [4.78, 5) is 24.0. The van der Waals surface area contributed by atoms with Crippen molar-refractivity contribution in [2.45, 2.75) is 13.3 Å². The predicted octanol–water partition coefficient (Wildman–Crippen LogP) is 2.32. The Morgan fingerprint density at radius 2 is 1.76 bits per heavy atom. The van der Waals surface area contributed by atoms with Crippen LogP contribution < -0.4 is 29.7 Å². The highest BCUT2D eigenvalue weighted by Crippen LogP contribution is 2.34. The number of anilines is 1. The van der Waals surface area contributed by atoms with E-state index in [1.165, 1.54) is 0 Å². The SMILES string of the molecule is COc1ccc(OCC(=O)N/N=C(\C)CC(=O)Nc2ccc3c(c2)OCO3)cc1. The lowest BCUT2D eigenvalue weighted by molar-refractivity contribution is -0.123. The molecular weight excluding hydrogens is 378 g/mol. The van der Waals surface area contributed by atoms with Crippen molar-refractivity contribution in [2.24, 2.45) is 5.10 Å². The lowest BCUT2D eigenvalue weighted by atomic mass is 10.2. The van der Waals surface area contributed by atoms with E-state index in [4.69, 9.17) is 18.9 Å². The van der Waals surface area contributed by atoms with Gasteiger partial charge in [0.05, 0.1) is 13.5 Å². The number of carbonyl (C=O) groups excluding carboxylic acids is 2. The molecule has 1 aliphatic rings. The molecule has 2 N–H and O–H groups in total. The van der Waals surface area contributed by atoms with E-state index in [9.17, 15) is 9.59 Å². The van der Waals surface area contributed by atoms with Gasteiger partial charge in [0.1, 0.15) is 11.5 Å². The van der Waals surface area contributed by atoms with Gasteiger partial charge in [0.15, 0.2) is 18.1 Å². The van der Waals surface area contributed by atoms with Crippen LogP contribution in [0.5, 0.6) is 23.0 Å². The van der Waals surface area contributed by atoms with Crippen molar-refractivity contribution < 1.29 is 28.5 Å². The molecule has 3 rings (SSSR count). The maximum Gasteiger partial charge on any atom is 0.277 e. The van der Waals surface area contributed by atoms with E-state index in [-0.39, 0.29) is 25.7 Å². The first-order chi connectivity index (χ1) is 14.0. The molecule has 0 saturated heterocycles. The topological polar surface area (TPSA) is 107 Å². The molecule has 2 aromatic carbocycles. The van der Waals surface area contributed by atoms with Crippen molar-refractivity contribution in [3.63, 3.8) is 0 Å². The van der Waals surface area contributed by atoms with Gasteiger partial charge in [-0.05, 0) is 43.3 Å². The third-order valence-electron chi connectivity index (χ3n) is 3.87. The number of hydrogen-bond acceptors (Lipinski definition) is 7. The Bertz CT molecular complexity index is 911. The molecule has 9 nitrogen and oxygen atoms in total. The van der Waals surface area contributed by atoms with Crippen LogP contribution in [0.3, 0.4) is 0 Å². The van der Waals surface area contributed by atoms with Crippen molar-refractivity contribution in [2.75, 3.05) is 25.8 Å². The summed E-state index contributed by atoms with van der Waals surface area (Å²) in [5, 5.41) is 6.66. The molecule has 0 aromatic heterocycles. The average molecular weight is 399 g/mol. The predicted molar refractivity (Wildman–Crippen MR) is 106 cm³/mol. The van der Waals surface area contributed by atoms with Crippen molar-refractivity contribution >= 4 is 23.2 Å². The minimum atomic E-state index is -0.434. The summed E-state index contributed by atoms with van der Waals surface area (Å²) in [6, 6.07) is 12.0. The number of rotatable bonds is 8. The largest absolute Gasteiger partial charge is 0.497 e. The standard InChI is InChI=1S/C20H21N3O6/c1-13(9-19(24)21-14-3-8-17-18(10-14)29-12-28-17)22-23-20(25)11-27-16-6-4-15(26-2)5-7-16/h3-8,10H,9,11-12H2,1-2H3,(H,21,24)(H,23,25)/b22-13+. The number of hydrogen-bond donors (Lipinski definition) is 2. The maximum absolute atomic E-state index is 12.1. The molecule has 152 valence electrons. The Morgan fingerprint density at radius 1 is 1.03 bits per heavy atom. The van der Waals surface area contributed by atoms with Gasteiger partial charge in [-0.1, -0.05) is 0 Å². The number of fused-ring (bicyclic) bond motifs is 1. The summed E-state index contributed by atoms with van der Waals surface area (Å²) in [7, 11) is 1.57. The number of benzene rings is 2. The van der Waals surface area contributed by atoms with Crippen LogP contribution in [0.1, 0.15) is 13.3 Å². The summed E-state index contributed by atoms with van der Waals surface area (Å²) in [5.41, 5.74) is 3.39. The van der Waals surface area contributed by atoms with Crippen LogP contribution in [0.25, 0.3) is 0 Å². The minimum absolute atomic E-state index is 0.0219. The van der Waals surface area contributed by atoms with Gasteiger partial charge >= 0.3 is 0 Å². The van der Waals surface area contributed by atoms with Crippen LogP contribution in [0.15, 0.2) is 47.6 Å². The van der Waals surface area contributed by atoms with E-state index in [1.54, 1.807) is 56.5 Å². The van der Waals surface area contributed by atoms with Crippen LogP contribution in [0, 0.1) is 0 Å². The summed E-state index contributed by atoms with van der Waals surface area (Å²) in [6.45, 7) is 1.61. The van der Waals surface area contributed by atoms with Gasteiger partial charge in [0, 0.05) is 17.5 Å². The summed E-state index contributed by atoms with van der Waals surface area (Å²) in [6.07, 6.45) is 0.0219. The van der Waals surface area contributed by atoms with Crippen molar-refractivity contribution in [3.8, 4) is 23.0 Å². The van der Waals surface area contributed by atoms with E-state index in [0.717, 1.165) is 0 Å². The Labute approximate surface area is 167 Å². The van der Waals surface area contributed by atoms with Gasteiger partial charge in [0.2, 0.25) is 12.7 Å². The second-order valence-electron chi connectivity index (χ2n) is 6.14. The molecule has 2 aromatic rings. The zero-order chi connectivity index (χ0) is 20.6. The van der Waals surface area contributed by atoms with Crippen LogP contribution in [0.4, 0.5) is 5.69 Å². The first-order valence-corrected chi connectivity index (χ1v) is 8.82. The molecule has 0 atom stereocenters. The normalized spacial score (nSPS) is 12.3. The molecule has 29 heavy (non-hydrogen) atoms. The van der Waals surface area contributed by atoms with Crippen LogP contribution in [0.2, 0.25) is 0 Å². The molecule has 9 heteroatoms. The highest BCUT2D eigenvalue weighted by Gasteiger charge is 2.14. The van der Waals surface area contributed by atoms with E-state index in [2.05, 4.69) is 15.8 Å².